The Bertz CT molecular complexity index is 891. The van der Waals surface area contributed by atoms with Gasteiger partial charge in [-0.25, -0.2) is 4.79 Å². The summed E-state index contributed by atoms with van der Waals surface area (Å²) >= 11 is 0. The van der Waals surface area contributed by atoms with E-state index in [1.54, 1.807) is 13.0 Å². The summed E-state index contributed by atoms with van der Waals surface area (Å²) in [5.74, 6) is 0.531. The number of allylic oxidation sites excluding steroid dienone is 1. The quantitative estimate of drug-likeness (QED) is 0.682. The lowest BCUT2D eigenvalue weighted by molar-refractivity contribution is -0.433. The number of hydrogen-bond donors (Lipinski definition) is 1. The zero-order valence-electron chi connectivity index (χ0n) is 14.3. The number of ether oxygens (including phenoxy) is 1. The van der Waals surface area contributed by atoms with Crippen LogP contribution in [0.25, 0.3) is 10.8 Å². The van der Waals surface area contributed by atoms with E-state index in [1.807, 2.05) is 37.3 Å². The van der Waals surface area contributed by atoms with E-state index in [4.69, 9.17) is 4.74 Å². The number of benzene rings is 2. The molecular formula is C18H19N3O4. The van der Waals surface area contributed by atoms with Gasteiger partial charge in [0, 0.05) is 12.6 Å². The summed E-state index contributed by atoms with van der Waals surface area (Å²) in [7, 11) is 1.51. The fourth-order valence-corrected chi connectivity index (χ4v) is 3.12. The number of carbonyl (C=O) groups excluding carboxylic acids is 1. The molecule has 0 aromatic heterocycles. The van der Waals surface area contributed by atoms with Crippen LogP contribution in [0.1, 0.15) is 25.5 Å². The van der Waals surface area contributed by atoms with Gasteiger partial charge in [-0.05, 0) is 30.7 Å². The van der Waals surface area contributed by atoms with Gasteiger partial charge in [0.1, 0.15) is 5.75 Å². The number of hydrogen-bond acceptors (Lipinski definition) is 4. The molecule has 2 amide bonds. The second kappa shape index (κ2) is 6.43. The zero-order chi connectivity index (χ0) is 18.1. The molecule has 1 N–H and O–H groups in total. The highest BCUT2D eigenvalue weighted by molar-refractivity contribution is 5.90. The Kier molecular flexibility index (Phi) is 4.31. The van der Waals surface area contributed by atoms with E-state index < -0.39 is 11.0 Å². The molecular weight excluding hydrogens is 322 g/mol. The van der Waals surface area contributed by atoms with Gasteiger partial charge in [0.2, 0.25) is 0 Å². The van der Waals surface area contributed by atoms with Crippen LogP contribution in [0.15, 0.2) is 47.8 Å². The first-order valence-electron chi connectivity index (χ1n) is 7.99. The van der Waals surface area contributed by atoms with Gasteiger partial charge in [-0.15, -0.1) is 0 Å². The van der Waals surface area contributed by atoms with Crippen molar-refractivity contribution in [3.63, 3.8) is 0 Å². The van der Waals surface area contributed by atoms with Crippen molar-refractivity contribution in [2.45, 2.75) is 19.9 Å². The van der Waals surface area contributed by atoms with Crippen LogP contribution in [0.5, 0.6) is 5.75 Å². The van der Waals surface area contributed by atoms with Gasteiger partial charge >= 0.3 is 6.03 Å². The molecule has 25 heavy (non-hydrogen) atoms. The maximum absolute atomic E-state index is 12.3. The first-order valence-corrected chi connectivity index (χ1v) is 7.99. The number of carbonyl (C=O) groups is 1. The molecule has 2 aromatic carbocycles. The van der Waals surface area contributed by atoms with Crippen LogP contribution in [0.3, 0.4) is 0 Å². The molecule has 7 heteroatoms. The smallest absolute Gasteiger partial charge is 0.322 e. The normalized spacial score (nSPS) is 17.6. The summed E-state index contributed by atoms with van der Waals surface area (Å²) in [5, 5.41) is 16.2. The average Bonchev–Trinajstić information content (AvgIpc) is 2.59. The lowest BCUT2D eigenvalue weighted by Crippen LogP contribution is -2.46. The second-order valence-electron chi connectivity index (χ2n) is 5.80. The third-order valence-electron chi connectivity index (χ3n) is 4.44. The van der Waals surface area contributed by atoms with E-state index >= 15 is 0 Å². The Hall–Kier alpha value is -3.09. The van der Waals surface area contributed by atoms with Crippen LogP contribution in [0.2, 0.25) is 0 Å². The largest absolute Gasteiger partial charge is 0.493 e. The van der Waals surface area contributed by atoms with Gasteiger partial charge in [-0.3, -0.25) is 15.0 Å². The molecule has 3 rings (SSSR count). The van der Waals surface area contributed by atoms with E-state index in [2.05, 4.69) is 5.32 Å². The minimum absolute atomic E-state index is 0.0561. The molecule has 0 saturated heterocycles. The van der Waals surface area contributed by atoms with Crippen LogP contribution in [0.4, 0.5) is 4.79 Å². The van der Waals surface area contributed by atoms with Crippen molar-refractivity contribution in [1.29, 1.82) is 0 Å². The topological polar surface area (TPSA) is 84.7 Å². The molecule has 0 unspecified atom stereocenters. The Balaban J connectivity index is 2.31. The summed E-state index contributed by atoms with van der Waals surface area (Å²) in [4.78, 5) is 24.8. The first-order chi connectivity index (χ1) is 12.0. The molecule has 7 nitrogen and oxygen atoms in total. The van der Waals surface area contributed by atoms with Crippen LogP contribution >= 0.6 is 0 Å². The number of urea groups is 1. The highest BCUT2D eigenvalue weighted by atomic mass is 16.6. The number of nitrogens with zero attached hydrogens (tertiary/aromatic N) is 2. The number of rotatable bonds is 4. The fraction of sp³-hybridized carbons (Fsp3) is 0.278. The standard InChI is InChI=1S/C18H19N3O4/c1-4-25-14-10-9-12-7-5-6-8-13(12)15(14)16-17(21(23)24)11(2)20(3)18(22)19-16/h5-10,16H,4H2,1-3H3,(H,19,22)/t16-/m0/s1. The van der Waals surface area contributed by atoms with Gasteiger partial charge in [0.25, 0.3) is 5.70 Å². The van der Waals surface area contributed by atoms with Crippen LogP contribution in [0, 0.1) is 10.1 Å². The van der Waals surface area contributed by atoms with Crippen molar-refractivity contribution < 1.29 is 14.5 Å². The molecule has 0 spiro atoms. The van der Waals surface area contributed by atoms with Crippen molar-refractivity contribution in [2.24, 2.45) is 0 Å². The minimum Gasteiger partial charge on any atom is -0.493 e. The van der Waals surface area contributed by atoms with Gasteiger partial charge in [-0.1, -0.05) is 30.3 Å². The molecule has 0 radical (unpaired) electrons. The fourth-order valence-electron chi connectivity index (χ4n) is 3.12. The average molecular weight is 341 g/mol. The van der Waals surface area contributed by atoms with E-state index in [0.717, 1.165) is 10.8 Å². The molecule has 1 atom stereocenters. The maximum Gasteiger partial charge on any atom is 0.322 e. The van der Waals surface area contributed by atoms with E-state index in [9.17, 15) is 14.9 Å². The number of amides is 2. The summed E-state index contributed by atoms with van der Waals surface area (Å²) in [6, 6.07) is 9.99. The molecule has 2 aromatic rings. The van der Waals surface area contributed by atoms with Crippen LogP contribution in [-0.4, -0.2) is 29.5 Å². The minimum atomic E-state index is -0.883. The first kappa shape index (κ1) is 16.8. The van der Waals surface area contributed by atoms with Crippen LogP contribution in [-0.2, 0) is 0 Å². The lowest BCUT2D eigenvalue weighted by Gasteiger charge is -2.30. The molecule has 0 saturated carbocycles. The van der Waals surface area contributed by atoms with Gasteiger partial charge in [-0.2, -0.15) is 0 Å². The predicted molar refractivity (Wildman–Crippen MR) is 93.8 cm³/mol. The Morgan fingerprint density at radius 3 is 2.68 bits per heavy atom. The highest BCUT2D eigenvalue weighted by Crippen LogP contribution is 2.39. The van der Waals surface area contributed by atoms with Crippen molar-refractivity contribution in [2.75, 3.05) is 13.7 Å². The van der Waals surface area contributed by atoms with Crippen LogP contribution < -0.4 is 10.1 Å². The SMILES string of the molecule is CCOc1ccc2ccccc2c1[C@@H]1NC(=O)N(C)C(C)=C1[N+](=O)[O-]. The van der Waals surface area contributed by atoms with Crippen molar-refractivity contribution >= 4 is 16.8 Å². The lowest BCUT2D eigenvalue weighted by atomic mass is 9.94. The van der Waals surface area contributed by atoms with E-state index in [1.165, 1.54) is 11.9 Å². The Morgan fingerprint density at radius 2 is 2.00 bits per heavy atom. The monoisotopic (exact) mass is 341 g/mol. The molecule has 1 heterocycles. The van der Waals surface area contributed by atoms with Gasteiger partial charge < -0.3 is 10.1 Å². The molecule has 1 aliphatic rings. The number of nitro groups is 1. The second-order valence-corrected chi connectivity index (χ2v) is 5.80. The summed E-state index contributed by atoms with van der Waals surface area (Å²) in [5.41, 5.74) is 0.862. The molecule has 130 valence electrons. The third kappa shape index (κ3) is 2.77. The van der Waals surface area contributed by atoms with E-state index in [0.29, 0.717) is 23.6 Å². The number of fused-ring (bicyclic) bond motifs is 1. The summed E-state index contributed by atoms with van der Waals surface area (Å²) in [6.45, 7) is 3.85. The summed E-state index contributed by atoms with van der Waals surface area (Å²) in [6.07, 6.45) is 0. The van der Waals surface area contributed by atoms with Crippen molar-refractivity contribution in [3.8, 4) is 5.75 Å². The van der Waals surface area contributed by atoms with E-state index in [-0.39, 0.29) is 11.7 Å². The third-order valence-corrected chi connectivity index (χ3v) is 4.44. The molecule has 0 bridgehead atoms. The summed E-state index contributed by atoms with van der Waals surface area (Å²) < 4.78 is 5.71. The molecule has 1 aliphatic heterocycles. The predicted octanol–water partition coefficient (Wildman–Crippen LogP) is 3.44. The molecule has 0 fully saturated rings. The molecule has 0 aliphatic carbocycles. The van der Waals surface area contributed by atoms with Crippen molar-refractivity contribution in [1.82, 2.24) is 10.2 Å². The van der Waals surface area contributed by atoms with Gasteiger partial charge in [0.05, 0.1) is 17.2 Å². The Labute approximate surface area is 145 Å². The Morgan fingerprint density at radius 1 is 1.28 bits per heavy atom. The highest BCUT2D eigenvalue weighted by Gasteiger charge is 2.40. The number of nitrogens with one attached hydrogen (secondary N) is 1. The van der Waals surface area contributed by atoms with Gasteiger partial charge in [0.15, 0.2) is 6.04 Å². The maximum atomic E-state index is 12.3. The van der Waals surface area contributed by atoms with Crippen molar-refractivity contribution in [3.05, 3.63) is 63.5 Å². The zero-order valence-corrected chi connectivity index (χ0v) is 14.3.